The minimum atomic E-state index is 0.161. The standard InChI is InChI=1S/C24H25N3O/c28-23(26-19-6-2-1-3-7-19)18-16-24(17-18)11-14-27(15-12-24)22-10-13-25-21-9-5-4-8-20(21)22/h1-10,13,18H,11-12,14-17H2,(H,26,28). The average Bonchev–Trinajstić information content (AvgIpc) is 2.72. The molecule has 0 unspecified atom stereocenters. The lowest BCUT2D eigenvalue weighted by Crippen LogP contribution is -2.50. The lowest BCUT2D eigenvalue weighted by atomic mass is 9.57. The summed E-state index contributed by atoms with van der Waals surface area (Å²) in [5, 5.41) is 4.30. The molecule has 4 nitrogen and oxygen atoms in total. The number of hydrogen-bond acceptors (Lipinski definition) is 3. The SMILES string of the molecule is O=C(Nc1ccccc1)C1CC2(CCN(c3ccnc4ccccc34)CC2)C1. The molecule has 3 aromatic rings. The van der Waals surface area contributed by atoms with Crippen LogP contribution in [0.3, 0.4) is 0 Å². The molecule has 2 aromatic carbocycles. The van der Waals surface area contributed by atoms with E-state index in [9.17, 15) is 4.79 Å². The predicted molar refractivity (Wildman–Crippen MR) is 113 cm³/mol. The number of benzene rings is 2. The summed E-state index contributed by atoms with van der Waals surface area (Å²) in [5.74, 6) is 0.341. The zero-order valence-corrected chi connectivity index (χ0v) is 16.0. The van der Waals surface area contributed by atoms with E-state index in [0.29, 0.717) is 5.41 Å². The minimum Gasteiger partial charge on any atom is -0.371 e. The fraction of sp³-hybridized carbons (Fsp3) is 0.333. The molecule has 1 aliphatic carbocycles. The van der Waals surface area contributed by atoms with Crippen LogP contribution in [0.4, 0.5) is 11.4 Å². The van der Waals surface area contributed by atoms with Gasteiger partial charge in [0.2, 0.25) is 5.91 Å². The molecule has 0 radical (unpaired) electrons. The first kappa shape index (κ1) is 17.2. The monoisotopic (exact) mass is 371 g/mol. The molecule has 5 rings (SSSR count). The van der Waals surface area contributed by atoms with E-state index in [1.807, 2.05) is 42.6 Å². The Labute approximate surface area is 165 Å². The summed E-state index contributed by atoms with van der Waals surface area (Å²) >= 11 is 0. The maximum absolute atomic E-state index is 12.5. The number of piperidine rings is 1. The summed E-state index contributed by atoms with van der Waals surface area (Å²) in [6.45, 7) is 2.11. The van der Waals surface area contributed by atoms with Crippen molar-refractivity contribution in [2.45, 2.75) is 25.7 Å². The highest BCUT2D eigenvalue weighted by atomic mass is 16.1. The molecule has 2 aliphatic rings. The van der Waals surface area contributed by atoms with E-state index < -0.39 is 0 Å². The first-order valence-corrected chi connectivity index (χ1v) is 10.2. The maximum atomic E-state index is 12.5. The first-order chi connectivity index (χ1) is 13.7. The van der Waals surface area contributed by atoms with Crippen molar-refractivity contribution in [1.82, 2.24) is 4.98 Å². The number of hydrogen-bond donors (Lipinski definition) is 1. The molecule has 0 atom stereocenters. The summed E-state index contributed by atoms with van der Waals surface area (Å²) in [6, 6.07) is 20.3. The van der Waals surface area contributed by atoms with Crippen molar-refractivity contribution in [3.8, 4) is 0 Å². The van der Waals surface area contributed by atoms with Crippen LogP contribution in [-0.4, -0.2) is 24.0 Å². The fourth-order valence-corrected chi connectivity index (χ4v) is 4.92. The van der Waals surface area contributed by atoms with Gasteiger partial charge in [0.05, 0.1) is 5.52 Å². The van der Waals surface area contributed by atoms with Gasteiger partial charge in [-0.3, -0.25) is 9.78 Å². The lowest BCUT2D eigenvalue weighted by molar-refractivity contribution is -0.128. The van der Waals surface area contributed by atoms with Gasteiger partial charge in [-0.25, -0.2) is 0 Å². The zero-order chi connectivity index (χ0) is 19.0. The molecule has 1 amide bonds. The summed E-state index contributed by atoms with van der Waals surface area (Å²) in [7, 11) is 0. The zero-order valence-electron chi connectivity index (χ0n) is 16.0. The Morgan fingerprint density at radius 3 is 2.46 bits per heavy atom. The number of pyridine rings is 1. The molecule has 28 heavy (non-hydrogen) atoms. The van der Waals surface area contributed by atoms with Gasteiger partial charge in [0.1, 0.15) is 0 Å². The number of nitrogens with one attached hydrogen (secondary N) is 1. The van der Waals surface area contributed by atoms with Crippen LogP contribution in [0.5, 0.6) is 0 Å². The second-order valence-corrected chi connectivity index (χ2v) is 8.29. The van der Waals surface area contributed by atoms with Crippen LogP contribution in [0.15, 0.2) is 66.9 Å². The van der Waals surface area contributed by atoms with Crippen LogP contribution >= 0.6 is 0 Å². The summed E-state index contributed by atoms with van der Waals surface area (Å²) in [4.78, 5) is 19.5. The second kappa shape index (κ2) is 6.93. The highest BCUT2D eigenvalue weighted by Crippen LogP contribution is 2.53. The van der Waals surface area contributed by atoms with Gasteiger partial charge in [-0.05, 0) is 55.4 Å². The molecule has 142 valence electrons. The van der Waals surface area contributed by atoms with Crippen molar-refractivity contribution < 1.29 is 4.79 Å². The number of amides is 1. The predicted octanol–water partition coefficient (Wildman–Crippen LogP) is 4.87. The summed E-state index contributed by atoms with van der Waals surface area (Å²) in [6.07, 6.45) is 6.29. The van der Waals surface area contributed by atoms with Gasteiger partial charge in [-0.2, -0.15) is 0 Å². The van der Waals surface area contributed by atoms with Crippen molar-refractivity contribution in [1.29, 1.82) is 0 Å². The number of anilines is 2. The van der Waals surface area contributed by atoms with E-state index in [1.54, 1.807) is 0 Å². The molecule has 1 saturated carbocycles. The van der Waals surface area contributed by atoms with E-state index in [4.69, 9.17) is 0 Å². The van der Waals surface area contributed by atoms with Gasteiger partial charge in [0.25, 0.3) is 0 Å². The molecule has 1 aromatic heterocycles. The van der Waals surface area contributed by atoms with E-state index in [-0.39, 0.29) is 11.8 Å². The molecule has 2 fully saturated rings. The van der Waals surface area contributed by atoms with Gasteiger partial charge in [0.15, 0.2) is 0 Å². The van der Waals surface area contributed by atoms with Gasteiger partial charge in [0, 0.05) is 42.0 Å². The van der Waals surface area contributed by atoms with E-state index in [2.05, 4.69) is 39.5 Å². The van der Waals surface area contributed by atoms with Crippen LogP contribution < -0.4 is 10.2 Å². The number of rotatable bonds is 3. The Morgan fingerprint density at radius 1 is 0.964 bits per heavy atom. The topological polar surface area (TPSA) is 45.2 Å². The number of carbonyl (C=O) groups excluding carboxylic acids is 1. The maximum Gasteiger partial charge on any atom is 0.227 e. The van der Waals surface area contributed by atoms with Crippen molar-refractivity contribution in [2.75, 3.05) is 23.3 Å². The Bertz CT molecular complexity index is 980. The quantitative estimate of drug-likeness (QED) is 0.714. The largest absolute Gasteiger partial charge is 0.371 e. The van der Waals surface area contributed by atoms with Gasteiger partial charge >= 0.3 is 0 Å². The van der Waals surface area contributed by atoms with Crippen molar-refractivity contribution in [3.05, 3.63) is 66.9 Å². The van der Waals surface area contributed by atoms with E-state index in [0.717, 1.165) is 37.1 Å². The Kier molecular flexibility index (Phi) is 4.27. The summed E-state index contributed by atoms with van der Waals surface area (Å²) < 4.78 is 0. The van der Waals surface area contributed by atoms with Crippen molar-refractivity contribution in [3.63, 3.8) is 0 Å². The molecule has 4 heteroatoms. The van der Waals surface area contributed by atoms with Crippen molar-refractivity contribution >= 4 is 28.2 Å². The van der Waals surface area contributed by atoms with Crippen LogP contribution in [-0.2, 0) is 4.79 Å². The van der Waals surface area contributed by atoms with Crippen LogP contribution in [0.1, 0.15) is 25.7 Å². The fourth-order valence-electron chi connectivity index (χ4n) is 4.92. The molecule has 1 saturated heterocycles. The highest BCUT2D eigenvalue weighted by Gasteiger charge is 2.48. The van der Waals surface area contributed by atoms with Crippen LogP contribution in [0, 0.1) is 11.3 Å². The Morgan fingerprint density at radius 2 is 1.68 bits per heavy atom. The number of fused-ring (bicyclic) bond motifs is 1. The normalized spacial score (nSPS) is 18.8. The lowest BCUT2D eigenvalue weighted by Gasteiger charge is -2.52. The minimum absolute atomic E-state index is 0.161. The molecule has 1 spiro atoms. The molecule has 2 heterocycles. The Balaban J connectivity index is 1.21. The first-order valence-electron chi connectivity index (χ1n) is 10.2. The molecule has 1 N–H and O–H groups in total. The average molecular weight is 371 g/mol. The number of carbonyl (C=O) groups is 1. The number of aromatic nitrogens is 1. The van der Waals surface area contributed by atoms with E-state index >= 15 is 0 Å². The van der Waals surface area contributed by atoms with Gasteiger partial charge < -0.3 is 10.2 Å². The highest BCUT2D eigenvalue weighted by molar-refractivity contribution is 5.93. The number of nitrogens with zero attached hydrogens (tertiary/aromatic N) is 2. The molecule has 0 bridgehead atoms. The smallest absolute Gasteiger partial charge is 0.227 e. The Hall–Kier alpha value is -2.88. The third-order valence-electron chi connectivity index (χ3n) is 6.56. The third kappa shape index (κ3) is 3.13. The summed E-state index contributed by atoms with van der Waals surface area (Å²) in [5.41, 5.74) is 3.60. The molecular formula is C24H25N3O. The number of para-hydroxylation sites is 2. The second-order valence-electron chi connectivity index (χ2n) is 8.29. The van der Waals surface area contributed by atoms with Gasteiger partial charge in [-0.15, -0.1) is 0 Å². The molecule has 1 aliphatic heterocycles. The van der Waals surface area contributed by atoms with Crippen molar-refractivity contribution in [2.24, 2.45) is 11.3 Å². The van der Waals surface area contributed by atoms with Crippen LogP contribution in [0.25, 0.3) is 10.9 Å². The third-order valence-corrected chi connectivity index (χ3v) is 6.56. The van der Waals surface area contributed by atoms with E-state index in [1.165, 1.54) is 23.9 Å². The van der Waals surface area contributed by atoms with Gasteiger partial charge in [-0.1, -0.05) is 36.4 Å². The van der Waals surface area contributed by atoms with Crippen LogP contribution in [0.2, 0.25) is 0 Å². The molecular weight excluding hydrogens is 346 g/mol.